The molecule has 1 rings (SSSR count). The van der Waals surface area contributed by atoms with Crippen molar-refractivity contribution in [1.82, 2.24) is 5.32 Å². The predicted octanol–water partition coefficient (Wildman–Crippen LogP) is 0.414. The summed E-state index contributed by atoms with van der Waals surface area (Å²) in [5, 5.41) is 11.9. The molecule has 2 atom stereocenters. The van der Waals surface area contributed by atoms with E-state index < -0.39 is 11.9 Å². The zero-order chi connectivity index (χ0) is 12.1. The number of hydrogen-bond acceptors (Lipinski definition) is 4. The van der Waals surface area contributed by atoms with Crippen molar-refractivity contribution in [2.45, 2.75) is 12.1 Å². The fourth-order valence-electron chi connectivity index (χ4n) is 1.61. The molecule has 0 aliphatic carbocycles. The van der Waals surface area contributed by atoms with Crippen molar-refractivity contribution < 1.29 is 14.2 Å². The van der Waals surface area contributed by atoms with Crippen LogP contribution in [-0.2, 0) is 0 Å². The zero-order valence-electron chi connectivity index (χ0n) is 9.40. The second-order valence-corrected chi connectivity index (χ2v) is 3.51. The number of rotatable bonds is 5. The highest BCUT2D eigenvalue weighted by Gasteiger charge is 2.18. The van der Waals surface area contributed by atoms with E-state index in [-0.39, 0.29) is 18.4 Å². The number of methoxy groups -OCH3 is 1. The molecule has 0 radical (unpaired) electrons. The van der Waals surface area contributed by atoms with E-state index in [1.54, 1.807) is 19.2 Å². The van der Waals surface area contributed by atoms with Crippen molar-refractivity contribution in [2.75, 3.05) is 20.8 Å². The van der Waals surface area contributed by atoms with Crippen LogP contribution in [0.3, 0.4) is 0 Å². The van der Waals surface area contributed by atoms with Gasteiger partial charge in [0.1, 0.15) is 0 Å². The first-order valence-electron chi connectivity index (χ1n) is 5.01. The number of nitrogens with two attached hydrogens (primary N) is 1. The molecule has 0 aliphatic heterocycles. The van der Waals surface area contributed by atoms with Crippen LogP contribution >= 0.6 is 0 Å². The van der Waals surface area contributed by atoms with Gasteiger partial charge in [0.15, 0.2) is 11.6 Å². The van der Waals surface area contributed by atoms with Gasteiger partial charge in [-0.25, -0.2) is 4.39 Å². The van der Waals surface area contributed by atoms with Crippen LogP contribution in [0, 0.1) is 5.82 Å². The average molecular weight is 228 g/mol. The highest BCUT2D eigenvalue weighted by atomic mass is 19.1. The highest BCUT2D eigenvalue weighted by molar-refractivity contribution is 5.31. The minimum Gasteiger partial charge on any atom is -0.494 e. The van der Waals surface area contributed by atoms with Crippen LogP contribution in [-0.4, -0.2) is 31.9 Å². The Balaban J connectivity index is 2.98. The zero-order valence-corrected chi connectivity index (χ0v) is 9.40. The summed E-state index contributed by atoms with van der Waals surface area (Å²) in [6.07, 6.45) is 0. The number of benzene rings is 1. The van der Waals surface area contributed by atoms with Crippen molar-refractivity contribution >= 4 is 0 Å². The molecule has 2 unspecified atom stereocenters. The third-order valence-electron chi connectivity index (χ3n) is 2.48. The van der Waals surface area contributed by atoms with Crippen LogP contribution in [0.15, 0.2) is 18.2 Å². The van der Waals surface area contributed by atoms with E-state index >= 15 is 0 Å². The van der Waals surface area contributed by atoms with Crippen LogP contribution in [0.4, 0.5) is 4.39 Å². The summed E-state index contributed by atoms with van der Waals surface area (Å²) < 4.78 is 18.3. The van der Waals surface area contributed by atoms with Gasteiger partial charge in [-0.2, -0.15) is 0 Å². The first-order chi connectivity index (χ1) is 7.63. The van der Waals surface area contributed by atoms with Gasteiger partial charge in [-0.05, 0) is 24.7 Å². The van der Waals surface area contributed by atoms with Crippen LogP contribution in [0.25, 0.3) is 0 Å². The number of likely N-dealkylation sites (N-methyl/N-ethyl adjacent to an activating group) is 1. The normalized spacial score (nSPS) is 14.6. The fourth-order valence-corrected chi connectivity index (χ4v) is 1.61. The summed E-state index contributed by atoms with van der Waals surface area (Å²) in [4.78, 5) is 0. The standard InChI is InChI=1S/C11H17FN2O2/c1-14-11(9(13)6-15)7-3-4-10(16-2)8(12)5-7/h3-5,9,11,14-15H,6,13H2,1-2H3. The molecule has 0 aromatic heterocycles. The maximum Gasteiger partial charge on any atom is 0.165 e. The largest absolute Gasteiger partial charge is 0.494 e. The third-order valence-corrected chi connectivity index (χ3v) is 2.48. The number of ether oxygens (including phenoxy) is 1. The van der Waals surface area contributed by atoms with Gasteiger partial charge in [-0.15, -0.1) is 0 Å². The van der Waals surface area contributed by atoms with E-state index in [9.17, 15) is 4.39 Å². The minimum atomic E-state index is -0.474. The maximum absolute atomic E-state index is 13.5. The molecule has 0 saturated heterocycles. The summed E-state index contributed by atoms with van der Waals surface area (Å²) in [5.41, 5.74) is 6.40. The molecular formula is C11H17FN2O2. The summed E-state index contributed by atoms with van der Waals surface area (Å²) in [6, 6.07) is 3.86. The molecule has 0 fully saturated rings. The lowest BCUT2D eigenvalue weighted by molar-refractivity contribution is 0.240. The number of aliphatic hydroxyl groups is 1. The van der Waals surface area contributed by atoms with Gasteiger partial charge < -0.3 is 20.9 Å². The van der Waals surface area contributed by atoms with Crippen molar-refractivity contribution in [1.29, 1.82) is 0 Å². The fraction of sp³-hybridized carbons (Fsp3) is 0.455. The topological polar surface area (TPSA) is 67.5 Å². The molecule has 16 heavy (non-hydrogen) atoms. The Morgan fingerprint density at radius 2 is 2.25 bits per heavy atom. The summed E-state index contributed by atoms with van der Waals surface area (Å²) in [5.74, 6) is -0.249. The molecule has 4 N–H and O–H groups in total. The van der Waals surface area contributed by atoms with Crippen molar-refractivity contribution in [3.8, 4) is 5.75 Å². The van der Waals surface area contributed by atoms with Gasteiger partial charge in [-0.3, -0.25) is 0 Å². The quantitative estimate of drug-likeness (QED) is 0.683. The smallest absolute Gasteiger partial charge is 0.165 e. The summed E-state index contributed by atoms with van der Waals surface area (Å²) in [7, 11) is 3.12. The van der Waals surface area contributed by atoms with Crippen LogP contribution < -0.4 is 15.8 Å². The van der Waals surface area contributed by atoms with Crippen molar-refractivity contribution in [3.05, 3.63) is 29.6 Å². The predicted molar refractivity (Wildman–Crippen MR) is 59.8 cm³/mol. The summed E-state index contributed by atoms with van der Waals surface area (Å²) >= 11 is 0. The molecule has 1 aromatic carbocycles. The van der Waals surface area contributed by atoms with E-state index in [1.807, 2.05) is 0 Å². The molecule has 0 bridgehead atoms. The Hall–Kier alpha value is -1.17. The molecule has 0 spiro atoms. The first-order valence-corrected chi connectivity index (χ1v) is 5.01. The Bertz CT molecular complexity index is 347. The van der Waals surface area contributed by atoms with E-state index in [0.717, 1.165) is 0 Å². The number of aliphatic hydroxyl groups excluding tert-OH is 1. The minimum absolute atomic E-state index is 0.168. The lowest BCUT2D eigenvalue weighted by Crippen LogP contribution is -2.38. The molecule has 0 heterocycles. The molecule has 4 nitrogen and oxygen atoms in total. The first kappa shape index (κ1) is 12.9. The Morgan fingerprint density at radius 1 is 1.56 bits per heavy atom. The van der Waals surface area contributed by atoms with Crippen molar-refractivity contribution in [2.24, 2.45) is 5.73 Å². The van der Waals surface area contributed by atoms with E-state index in [1.165, 1.54) is 13.2 Å². The van der Waals surface area contributed by atoms with Gasteiger partial charge in [0.05, 0.1) is 13.7 Å². The monoisotopic (exact) mass is 228 g/mol. The second kappa shape index (κ2) is 5.79. The van der Waals surface area contributed by atoms with Gasteiger partial charge >= 0.3 is 0 Å². The third kappa shape index (κ3) is 2.69. The lowest BCUT2D eigenvalue weighted by Gasteiger charge is -2.22. The Morgan fingerprint density at radius 3 is 2.69 bits per heavy atom. The van der Waals surface area contributed by atoms with Gasteiger partial charge in [-0.1, -0.05) is 6.07 Å². The molecule has 0 amide bonds. The Labute approximate surface area is 94.2 Å². The Kier molecular flexibility index (Phi) is 4.67. The molecular weight excluding hydrogens is 211 g/mol. The van der Waals surface area contributed by atoms with Crippen molar-refractivity contribution in [3.63, 3.8) is 0 Å². The van der Waals surface area contributed by atoms with Gasteiger partial charge in [0.25, 0.3) is 0 Å². The van der Waals surface area contributed by atoms with E-state index in [2.05, 4.69) is 5.32 Å². The number of hydrogen-bond donors (Lipinski definition) is 3. The van der Waals surface area contributed by atoms with Crippen LogP contribution in [0.5, 0.6) is 5.75 Å². The summed E-state index contributed by atoms with van der Waals surface area (Å²) in [6.45, 7) is -0.168. The average Bonchev–Trinajstić information content (AvgIpc) is 2.30. The SMILES string of the molecule is CNC(c1ccc(OC)c(F)c1)C(N)CO. The second-order valence-electron chi connectivity index (χ2n) is 3.51. The molecule has 90 valence electrons. The lowest BCUT2D eigenvalue weighted by atomic mass is 10.0. The molecule has 1 aromatic rings. The molecule has 0 saturated carbocycles. The number of halogens is 1. The highest BCUT2D eigenvalue weighted by Crippen LogP contribution is 2.22. The molecule has 5 heteroatoms. The molecule has 0 aliphatic rings. The maximum atomic E-state index is 13.5. The van der Waals surface area contributed by atoms with Crippen LogP contribution in [0.2, 0.25) is 0 Å². The van der Waals surface area contributed by atoms with Gasteiger partial charge in [0.2, 0.25) is 0 Å². The van der Waals surface area contributed by atoms with E-state index in [4.69, 9.17) is 15.6 Å². The van der Waals surface area contributed by atoms with Gasteiger partial charge in [0, 0.05) is 12.1 Å². The van der Waals surface area contributed by atoms with Crippen LogP contribution in [0.1, 0.15) is 11.6 Å². The number of nitrogens with one attached hydrogen (secondary N) is 1. The van der Waals surface area contributed by atoms with E-state index in [0.29, 0.717) is 5.56 Å².